The summed E-state index contributed by atoms with van der Waals surface area (Å²) in [5, 5.41) is 3.19. The Kier molecular flexibility index (Phi) is 4.23. The fourth-order valence-corrected chi connectivity index (χ4v) is 3.89. The molecule has 1 heterocycles. The predicted molar refractivity (Wildman–Crippen MR) is 72.0 cm³/mol. The van der Waals surface area contributed by atoms with Gasteiger partial charge in [0.25, 0.3) is 0 Å². The van der Waals surface area contributed by atoms with Gasteiger partial charge in [-0.25, -0.2) is 12.8 Å². The van der Waals surface area contributed by atoms with Crippen LogP contribution in [0.25, 0.3) is 0 Å². The van der Waals surface area contributed by atoms with Gasteiger partial charge >= 0.3 is 0 Å². The highest BCUT2D eigenvalue weighted by atomic mass is 32.2. The summed E-state index contributed by atoms with van der Waals surface area (Å²) in [4.78, 5) is -0.228. The summed E-state index contributed by atoms with van der Waals surface area (Å²) >= 11 is 0. The molecule has 0 aliphatic carbocycles. The third-order valence-electron chi connectivity index (χ3n) is 3.64. The smallest absolute Gasteiger partial charge is 0.245 e. The van der Waals surface area contributed by atoms with E-state index in [1.807, 2.05) is 0 Å². The van der Waals surface area contributed by atoms with E-state index in [0.29, 0.717) is 5.56 Å². The van der Waals surface area contributed by atoms with E-state index >= 15 is 0 Å². The number of nitrogens with one attached hydrogen (secondary N) is 1. The molecule has 1 fully saturated rings. The summed E-state index contributed by atoms with van der Waals surface area (Å²) in [5.41, 5.74) is 0.347. The van der Waals surface area contributed by atoms with Crippen LogP contribution in [0.2, 0.25) is 0 Å². The van der Waals surface area contributed by atoms with Gasteiger partial charge in [-0.2, -0.15) is 4.31 Å². The van der Waals surface area contributed by atoms with Crippen molar-refractivity contribution in [1.29, 1.82) is 0 Å². The van der Waals surface area contributed by atoms with E-state index < -0.39 is 15.8 Å². The van der Waals surface area contributed by atoms with Crippen molar-refractivity contribution < 1.29 is 12.8 Å². The van der Waals surface area contributed by atoms with E-state index in [0.717, 1.165) is 25.9 Å². The highest BCUT2D eigenvalue weighted by molar-refractivity contribution is 7.89. The van der Waals surface area contributed by atoms with Crippen LogP contribution in [0, 0.1) is 12.7 Å². The summed E-state index contributed by atoms with van der Waals surface area (Å²) in [7, 11) is -2.23. The van der Waals surface area contributed by atoms with Crippen molar-refractivity contribution in [3.05, 3.63) is 29.6 Å². The van der Waals surface area contributed by atoms with Crippen molar-refractivity contribution in [2.24, 2.45) is 0 Å². The number of halogens is 1. The van der Waals surface area contributed by atoms with Gasteiger partial charge in [-0.1, -0.05) is 12.1 Å². The quantitative estimate of drug-likeness (QED) is 0.916. The van der Waals surface area contributed by atoms with Crippen LogP contribution in [0.4, 0.5) is 4.39 Å². The molecule has 0 amide bonds. The van der Waals surface area contributed by atoms with E-state index in [1.165, 1.54) is 17.4 Å². The van der Waals surface area contributed by atoms with Gasteiger partial charge in [-0.05, 0) is 44.5 Å². The first-order valence-corrected chi connectivity index (χ1v) is 7.82. The van der Waals surface area contributed by atoms with Crippen molar-refractivity contribution in [2.45, 2.75) is 30.7 Å². The monoisotopic (exact) mass is 286 g/mol. The van der Waals surface area contributed by atoms with Crippen LogP contribution in [-0.2, 0) is 10.0 Å². The lowest BCUT2D eigenvalue weighted by atomic mass is 10.1. The van der Waals surface area contributed by atoms with Gasteiger partial charge in [0.15, 0.2) is 0 Å². The molecule has 1 saturated heterocycles. The molecule has 0 spiro atoms. The van der Waals surface area contributed by atoms with Gasteiger partial charge in [0.2, 0.25) is 10.0 Å². The maximum Gasteiger partial charge on any atom is 0.245 e. The number of hydrogen-bond donors (Lipinski definition) is 1. The van der Waals surface area contributed by atoms with Crippen LogP contribution in [0.5, 0.6) is 0 Å². The van der Waals surface area contributed by atoms with E-state index in [1.54, 1.807) is 19.1 Å². The second kappa shape index (κ2) is 5.56. The molecule has 0 atom stereocenters. The Morgan fingerprint density at radius 3 is 2.58 bits per heavy atom. The zero-order chi connectivity index (χ0) is 14.0. The molecule has 6 heteroatoms. The number of aryl methyl sites for hydroxylation is 1. The first-order valence-electron chi connectivity index (χ1n) is 6.38. The third kappa shape index (κ3) is 2.80. The molecule has 0 unspecified atom stereocenters. The van der Waals surface area contributed by atoms with Gasteiger partial charge in [0, 0.05) is 13.1 Å². The largest absolute Gasteiger partial charge is 0.317 e. The summed E-state index contributed by atoms with van der Waals surface area (Å²) in [5.74, 6) is -0.650. The second-order valence-electron chi connectivity index (χ2n) is 4.89. The van der Waals surface area contributed by atoms with Crippen molar-refractivity contribution >= 4 is 10.0 Å². The normalized spacial score (nSPS) is 17.9. The number of piperidine rings is 1. The molecular weight excluding hydrogens is 267 g/mol. The van der Waals surface area contributed by atoms with Gasteiger partial charge in [-0.3, -0.25) is 0 Å². The van der Waals surface area contributed by atoms with E-state index in [-0.39, 0.29) is 10.9 Å². The van der Waals surface area contributed by atoms with E-state index in [2.05, 4.69) is 5.32 Å². The Morgan fingerprint density at radius 2 is 1.95 bits per heavy atom. The third-order valence-corrected chi connectivity index (χ3v) is 5.56. The number of rotatable bonds is 3. The SMILES string of the molecule is Cc1cccc(S(=O)(=O)N(C)C2CCNCC2)c1F. The molecule has 19 heavy (non-hydrogen) atoms. The molecule has 0 saturated carbocycles. The van der Waals surface area contributed by atoms with Gasteiger partial charge in [0.05, 0.1) is 0 Å². The zero-order valence-electron chi connectivity index (χ0n) is 11.2. The lowest BCUT2D eigenvalue weighted by molar-refractivity contribution is 0.295. The van der Waals surface area contributed by atoms with Crippen LogP contribution < -0.4 is 5.32 Å². The fourth-order valence-electron chi connectivity index (χ4n) is 2.34. The van der Waals surface area contributed by atoms with Crippen LogP contribution in [-0.4, -0.2) is 38.9 Å². The van der Waals surface area contributed by atoms with Crippen molar-refractivity contribution in [2.75, 3.05) is 20.1 Å². The average molecular weight is 286 g/mol. The standard InChI is InChI=1S/C13H19FN2O2S/c1-10-4-3-5-12(13(10)14)19(17,18)16(2)11-6-8-15-9-7-11/h3-5,11,15H,6-9H2,1-2H3. The molecule has 106 valence electrons. The minimum Gasteiger partial charge on any atom is -0.317 e. The molecule has 0 radical (unpaired) electrons. The number of hydrogen-bond acceptors (Lipinski definition) is 3. The second-order valence-corrected chi connectivity index (χ2v) is 6.86. The first-order chi connectivity index (χ1) is 8.94. The molecule has 1 N–H and O–H groups in total. The Labute approximate surface area is 113 Å². The Balaban J connectivity index is 2.33. The summed E-state index contributed by atoms with van der Waals surface area (Å²) in [6.45, 7) is 3.15. The summed E-state index contributed by atoms with van der Waals surface area (Å²) in [6.07, 6.45) is 1.51. The lowest BCUT2D eigenvalue weighted by Gasteiger charge is -2.31. The molecule has 1 aromatic rings. The minimum absolute atomic E-state index is 0.0637. The van der Waals surface area contributed by atoms with Crippen LogP contribution in [0.15, 0.2) is 23.1 Å². The summed E-state index contributed by atoms with van der Waals surface area (Å²) < 4.78 is 40.3. The number of benzene rings is 1. The Bertz CT molecular complexity index is 554. The van der Waals surface area contributed by atoms with Gasteiger partial charge < -0.3 is 5.32 Å². The molecule has 1 aromatic carbocycles. The lowest BCUT2D eigenvalue weighted by Crippen LogP contribution is -2.44. The molecule has 0 aromatic heterocycles. The number of nitrogens with zero attached hydrogens (tertiary/aromatic N) is 1. The highest BCUT2D eigenvalue weighted by Crippen LogP contribution is 2.24. The van der Waals surface area contributed by atoms with Crippen molar-refractivity contribution in [3.63, 3.8) is 0 Å². The molecular formula is C13H19FN2O2S. The average Bonchev–Trinajstić information content (AvgIpc) is 2.41. The number of sulfonamides is 1. The Morgan fingerprint density at radius 1 is 1.32 bits per heavy atom. The van der Waals surface area contributed by atoms with Gasteiger partial charge in [-0.15, -0.1) is 0 Å². The fraction of sp³-hybridized carbons (Fsp3) is 0.538. The molecule has 0 bridgehead atoms. The highest BCUT2D eigenvalue weighted by Gasteiger charge is 2.31. The first kappa shape index (κ1) is 14.4. The molecule has 1 aliphatic rings. The van der Waals surface area contributed by atoms with Crippen molar-refractivity contribution in [3.8, 4) is 0 Å². The van der Waals surface area contributed by atoms with Crippen LogP contribution in [0.3, 0.4) is 0 Å². The maximum absolute atomic E-state index is 14.0. The van der Waals surface area contributed by atoms with Crippen LogP contribution in [0.1, 0.15) is 18.4 Å². The minimum atomic E-state index is -3.76. The predicted octanol–water partition coefficient (Wildman–Crippen LogP) is 1.51. The maximum atomic E-state index is 14.0. The zero-order valence-corrected chi connectivity index (χ0v) is 12.0. The van der Waals surface area contributed by atoms with Crippen LogP contribution >= 0.6 is 0 Å². The molecule has 4 nitrogen and oxygen atoms in total. The molecule has 2 rings (SSSR count). The Hall–Kier alpha value is -0.980. The topological polar surface area (TPSA) is 49.4 Å². The molecule has 1 aliphatic heterocycles. The summed E-state index contributed by atoms with van der Waals surface area (Å²) in [6, 6.07) is 4.40. The van der Waals surface area contributed by atoms with Crippen molar-refractivity contribution in [1.82, 2.24) is 9.62 Å². The van der Waals surface area contributed by atoms with Gasteiger partial charge in [0.1, 0.15) is 10.7 Å². The van der Waals surface area contributed by atoms with E-state index in [4.69, 9.17) is 0 Å². The van der Waals surface area contributed by atoms with E-state index in [9.17, 15) is 12.8 Å².